The molecular formula is C10H9Cl2NO4. The lowest BCUT2D eigenvalue weighted by molar-refractivity contribution is -0.136. The molecule has 0 aliphatic heterocycles. The summed E-state index contributed by atoms with van der Waals surface area (Å²) < 4.78 is 0. The van der Waals surface area contributed by atoms with Gasteiger partial charge in [0.25, 0.3) is 0 Å². The van der Waals surface area contributed by atoms with Crippen molar-refractivity contribution in [3.8, 4) is 5.75 Å². The van der Waals surface area contributed by atoms with E-state index >= 15 is 0 Å². The molecule has 0 bridgehead atoms. The van der Waals surface area contributed by atoms with Gasteiger partial charge in [-0.2, -0.15) is 0 Å². The molecule has 0 radical (unpaired) electrons. The third kappa shape index (κ3) is 3.51. The SMILES string of the molecule is O=C(O)CCC(=NO)c1cc(Cl)c(Cl)cc1O. The van der Waals surface area contributed by atoms with E-state index in [0.717, 1.165) is 0 Å². The first-order valence-corrected chi connectivity index (χ1v) is 5.32. The molecule has 0 amide bonds. The van der Waals surface area contributed by atoms with E-state index in [2.05, 4.69) is 5.16 Å². The van der Waals surface area contributed by atoms with E-state index in [1.807, 2.05) is 0 Å². The van der Waals surface area contributed by atoms with Crippen molar-refractivity contribution in [3.63, 3.8) is 0 Å². The van der Waals surface area contributed by atoms with Gasteiger partial charge in [-0.05, 0) is 6.07 Å². The second kappa shape index (κ2) is 5.75. The lowest BCUT2D eigenvalue weighted by Crippen LogP contribution is -2.05. The summed E-state index contributed by atoms with van der Waals surface area (Å²) in [6.45, 7) is 0. The van der Waals surface area contributed by atoms with Gasteiger partial charge in [0.15, 0.2) is 0 Å². The summed E-state index contributed by atoms with van der Waals surface area (Å²) in [4.78, 5) is 10.4. The standard InChI is InChI=1S/C10H9Cl2NO4/c11-6-3-5(9(14)4-7(6)12)8(13-17)1-2-10(15)16/h3-4,14,17H,1-2H2,(H,15,16). The molecule has 0 aromatic heterocycles. The molecule has 0 atom stereocenters. The highest BCUT2D eigenvalue weighted by molar-refractivity contribution is 6.42. The largest absolute Gasteiger partial charge is 0.507 e. The molecule has 5 nitrogen and oxygen atoms in total. The van der Waals surface area contributed by atoms with E-state index in [-0.39, 0.29) is 39.9 Å². The number of hydrogen-bond donors (Lipinski definition) is 3. The molecule has 92 valence electrons. The van der Waals surface area contributed by atoms with E-state index in [4.69, 9.17) is 33.5 Å². The molecule has 0 spiro atoms. The maximum atomic E-state index is 10.4. The van der Waals surface area contributed by atoms with Gasteiger partial charge in [0.2, 0.25) is 0 Å². The number of oxime groups is 1. The van der Waals surface area contributed by atoms with Crippen LogP contribution in [0, 0.1) is 0 Å². The number of aromatic hydroxyl groups is 1. The molecule has 0 saturated carbocycles. The van der Waals surface area contributed by atoms with Crippen molar-refractivity contribution in [1.29, 1.82) is 0 Å². The molecule has 0 aliphatic carbocycles. The number of hydrogen-bond acceptors (Lipinski definition) is 4. The van der Waals surface area contributed by atoms with Gasteiger partial charge >= 0.3 is 5.97 Å². The Labute approximate surface area is 107 Å². The van der Waals surface area contributed by atoms with Crippen LogP contribution in [0.15, 0.2) is 17.3 Å². The molecule has 0 heterocycles. The number of carbonyl (C=O) groups is 1. The Morgan fingerprint density at radius 1 is 1.24 bits per heavy atom. The van der Waals surface area contributed by atoms with Crippen molar-refractivity contribution in [3.05, 3.63) is 27.7 Å². The number of aliphatic carboxylic acids is 1. The fourth-order valence-corrected chi connectivity index (χ4v) is 1.55. The summed E-state index contributed by atoms with van der Waals surface area (Å²) >= 11 is 11.4. The first-order chi connectivity index (χ1) is 7.95. The van der Waals surface area contributed by atoms with Gasteiger partial charge in [0, 0.05) is 18.1 Å². The molecule has 1 aromatic carbocycles. The maximum Gasteiger partial charge on any atom is 0.303 e. The predicted octanol–water partition coefficient (Wildman–Crippen LogP) is 2.74. The minimum atomic E-state index is -1.04. The summed E-state index contributed by atoms with van der Waals surface area (Å²) in [5, 5.41) is 30.2. The zero-order valence-electron chi connectivity index (χ0n) is 8.52. The average molecular weight is 278 g/mol. The van der Waals surface area contributed by atoms with Gasteiger partial charge in [-0.1, -0.05) is 28.4 Å². The number of carboxylic acids is 1. The van der Waals surface area contributed by atoms with Crippen molar-refractivity contribution in [2.45, 2.75) is 12.8 Å². The number of benzene rings is 1. The van der Waals surface area contributed by atoms with Gasteiger partial charge in [-0.15, -0.1) is 0 Å². The van der Waals surface area contributed by atoms with Crippen molar-refractivity contribution in [2.75, 3.05) is 0 Å². The highest BCUT2D eigenvalue weighted by Gasteiger charge is 2.14. The summed E-state index contributed by atoms with van der Waals surface area (Å²) in [5.41, 5.74) is 0.187. The van der Waals surface area contributed by atoms with E-state index in [1.54, 1.807) is 0 Å². The topological polar surface area (TPSA) is 90.1 Å². The monoisotopic (exact) mass is 277 g/mol. The Morgan fingerprint density at radius 3 is 2.35 bits per heavy atom. The van der Waals surface area contributed by atoms with Crippen LogP contribution in [0.3, 0.4) is 0 Å². The number of phenolic OH excluding ortho intramolecular Hbond substituents is 1. The summed E-state index contributed by atoms with van der Waals surface area (Å²) in [6.07, 6.45) is -0.254. The van der Waals surface area contributed by atoms with Crippen LogP contribution >= 0.6 is 23.2 Å². The molecule has 0 aliphatic rings. The number of phenols is 1. The molecular weight excluding hydrogens is 269 g/mol. The predicted molar refractivity (Wildman–Crippen MR) is 63.3 cm³/mol. The molecule has 1 rings (SSSR count). The third-order valence-corrected chi connectivity index (χ3v) is 2.77. The highest BCUT2D eigenvalue weighted by atomic mass is 35.5. The number of rotatable bonds is 4. The molecule has 1 aromatic rings. The Balaban J connectivity index is 3.05. The Hall–Kier alpha value is -1.46. The molecule has 3 N–H and O–H groups in total. The van der Waals surface area contributed by atoms with Crippen LogP contribution in [0.4, 0.5) is 0 Å². The first-order valence-electron chi connectivity index (χ1n) is 4.56. The van der Waals surface area contributed by atoms with Crippen LogP contribution in [0.1, 0.15) is 18.4 Å². The zero-order valence-corrected chi connectivity index (χ0v) is 10.0. The molecule has 7 heteroatoms. The maximum absolute atomic E-state index is 10.4. The fraction of sp³-hybridized carbons (Fsp3) is 0.200. The van der Waals surface area contributed by atoms with Crippen molar-refractivity contribution >= 4 is 34.9 Å². The minimum absolute atomic E-state index is 0.0304. The zero-order chi connectivity index (χ0) is 13.0. The van der Waals surface area contributed by atoms with Gasteiger partial charge in [-0.25, -0.2) is 0 Å². The minimum Gasteiger partial charge on any atom is -0.507 e. The fourth-order valence-electron chi connectivity index (χ4n) is 1.23. The molecule has 17 heavy (non-hydrogen) atoms. The van der Waals surface area contributed by atoms with Gasteiger partial charge in [-0.3, -0.25) is 4.79 Å². The van der Waals surface area contributed by atoms with E-state index in [1.165, 1.54) is 12.1 Å². The average Bonchev–Trinajstić information content (AvgIpc) is 2.25. The van der Waals surface area contributed by atoms with Crippen LogP contribution in [0.5, 0.6) is 5.75 Å². The van der Waals surface area contributed by atoms with Crippen LogP contribution in [-0.4, -0.2) is 27.1 Å². The van der Waals surface area contributed by atoms with Gasteiger partial charge < -0.3 is 15.4 Å². The summed E-state index contributed by atoms with van der Waals surface area (Å²) in [6, 6.07) is 2.52. The number of carboxylic acid groups (broad SMARTS) is 1. The summed E-state index contributed by atoms with van der Waals surface area (Å²) in [7, 11) is 0. The highest BCUT2D eigenvalue weighted by Crippen LogP contribution is 2.30. The Bertz CT molecular complexity index is 474. The molecule has 0 unspecified atom stereocenters. The van der Waals surface area contributed by atoms with Crippen LogP contribution in [0.25, 0.3) is 0 Å². The van der Waals surface area contributed by atoms with E-state index < -0.39 is 5.97 Å². The van der Waals surface area contributed by atoms with Crippen LogP contribution in [0.2, 0.25) is 10.0 Å². The molecule has 0 saturated heterocycles. The van der Waals surface area contributed by atoms with Crippen molar-refractivity contribution in [2.24, 2.45) is 5.16 Å². The normalized spacial score (nSPS) is 11.5. The van der Waals surface area contributed by atoms with E-state index in [9.17, 15) is 9.90 Å². The van der Waals surface area contributed by atoms with Gasteiger partial charge in [0.05, 0.1) is 22.2 Å². The second-order valence-electron chi connectivity index (χ2n) is 3.22. The van der Waals surface area contributed by atoms with Crippen molar-refractivity contribution in [1.82, 2.24) is 0 Å². The van der Waals surface area contributed by atoms with Crippen molar-refractivity contribution < 1.29 is 20.2 Å². The number of halogens is 2. The number of nitrogens with zero attached hydrogens (tertiary/aromatic N) is 1. The smallest absolute Gasteiger partial charge is 0.303 e. The Morgan fingerprint density at radius 2 is 1.82 bits per heavy atom. The summed E-state index contributed by atoms with van der Waals surface area (Å²) in [5.74, 6) is -1.26. The second-order valence-corrected chi connectivity index (χ2v) is 4.04. The lowest BCUT2D eigenvalue weighted by Gasteiger charge is -2.07. The van der Waals surface area contributed by atoms with Crippen LogP contribution < -0.4 is 0 Å². The quantitative estimate of drug-likeness (QED) is 0.448. The first kappa shape index (κ1) is 13.6. The molecule has 0 fully saturated rings. The van der Waals surface area contributed by atoms with Crippen LogP contribution in [-0.2, 0) is 4.79 Å². The lowest BCUT2D eigenvalue weighted by atomic mass is 10.0. The Kier molecular flexibility index (Phi) is 4.60. The third-order valence-electron chi connectivity index (χ3n) is 2.05. The van der Waals surface area contributed by atoms with Gasteiger partial charge in [0.1, 0.15) is 5.75 Å². The van der Waals surface area contributed by atoms with E-state index in [0.29, 0.717) is 0 Å².